The minimum Gasteiger partial charge on any atom is -0.345 e. The second-order valence-corrected chi connectivity index (χ2v) is 2.84. The summed E-state index contributed by atoms with van der Waals surface area (Å²) in [6, 6.07) is -0.222. The summed E-state index contributed by atoms with van der Waals surface area (Å²) in [7, 11) is 0. The smallest absolute Gasteiger partial charge is 0.234 e. The van der Waals surface area contributed by atoms with Crippen LogP contribution in [0.15, 0.2) is 0 Å². The van der Waals surface area contributed by atoms with Crippen molar-refractivity contribution in [1.29, 1.82) is 0 Å². The summed E-state index contributed by atoms with van der Waals surface area (Å²) < 4.78 is 0. The van der Waals surface area contributed by atoms with Crippen molar-refractivity contribution >= 4 is 5.91 Å². The number of hydrogen-bond acceptors (Lipinski definition) is 5. The highest BCUT2D eigenvalue weighted by atomic mass is 16.2. The molecule has 1 aromatic heterocycles. The van der Waals surface area contributed by atoms with Crippen LogP contribution in [0.1, 0.15) is 25.7 Å². The quantitative estimate of drug-likeness (QED) is 0.563. The van der Waals surface area contributed by atoms with Crippen molar-refractivity contribution in [2.75, 3.05) is 13.1 Å². The molecule has 0 aliphatic heterocycles. The first kappa shape index (κ1) is 10.6. The number of aromatic amines is 1. The maximum Gasteiger partial charge on any atom is 0.234 e. The van der Waals surface area contributed by atoms with E-state index >= 15 is 0 Å². The van der Waals surface area contributed by atoms with Crippen LogP contribution >= 0.6 is 0 Å². The fourth-order valence-electron chi connectivity index (χ4n) is 0.949. The fourth-order valence-corrected chi connectivity index (χ4v) is 0.949. The number of tetrazole rings is 1. The first-order valence-electron chi connectivity index (χ1n) is 4.47. The Morgan fingerprint density at radius 2 is 2.43 bits per heavy atom. The van der Waals surface area contributed by atoms with E-state index in [4.69, 9.17) is 0 Å². The molecule has 0 aliphatic carbocycles. The highest BCUT2D eigenvalue weighted by Gasteiger charge is 2.12. The zero-order valence-corrected chi connectivity index (χ0v) is 8.24. The summed E-state index contributed by atoms with van der Waals surface area (Å²) in [5.74, 6) is 0.402. The summed E-state index contributed by atoms with van der Waals surface area (Å²) in [4.78, 5) is 11.2. The van der Waals surface area contributed by atoms with Gasteiger partial charge < -0.3 is 10.6 Å². The van der Waals surface area contributed by atoms with Gasteiger partial charge in [0.1, 0.15) is 0 Å². The molecule has 7 heteroatoms. The number of amides is 1. The summed E-state index contributed by atoms with van der Waals surface area (Å²) in [6.07, 6.45) is 0. The first-order chi connectivity index (χ1) is 6.74. The highest BCUT2D eigenvalue weighted by Crippen LogP contribution is 2.01. The van der Waals surface area contributed by atoms with Crippen LogP contribution in [0.4, 0.5) is 0 Å². The monoisotopic (exact) mass is 198 g/mol. The predicted octanol–water partition coefficient (Wildman–Crippen LogP) is -1.01. The van der Waals surface area contributed by atoms with E-state index in [0.717, 1.165) is 6.54 Å². The fraction of sp³-hybridized carbons (Fsp3) is 0.714. The van der Waals surface area contributed by atoms with Crippen molar-refractivity contribution in [2.45, 2.75) is 19.9 Å². The molecule has 0 fully saturated rings. The Morgan fingerprint density at radius 3 is 3.00 bits per heavy atom. The number of H-pyrrole nitrogens is 1. The zero-order valence-electron chi connectivity index (χ0n) is 8.24. The average molecular weight is 198 g/mol. The van der Waals surface area contributed by atoms with Crippen LogP contribution in [0, 0.1) is 0 Å². The van der Waals surface area contributed by atoms with Crippen molar-refractivity contribution in [2.24, 2.45) is 0 Å². The minimum absolute atomic E-state index is 0.0795. The molecule has 0 radical (unpaired) electrons. The van der Waals surface area contributed by atoms with Gasteiger partial charge in [-0.15, -0.1) is 10.2 Å². The number of rotatable bonds is 5. The van der Waals surface area contributed by atoms with Crippen LogP contribution < -0.4 is 10.6 Å². The average Bonchev–Trinajstić information content (AvgIpc) is 2.67. The zero-order chi connectivity index (χ0) is 10.4. The Bertz CT molecular complexity index is 272. The number of carbonyl (C=O) groups excluding carboxylic acids is 1. The Balaban J connectivity index is 2.33. The standard InChI is InChI=1S/C7H14N6O/c1-3-8-4-6(14)9-5(2)7-10-12-13-11-7/h5,8H,3-4H2,1-2H3,(H,9,14)(H,10,11,12,13). The highest BCUT2D eigenvalue weighted by molar-refractivity contribution is 5.78. The Hall–Kier alpha value is -1.50. The number of carbonyl (C=O) groups is 1. The number of likely N-dealkylation sites (N-methyl/N-ethyl adjacent to an activating group) is 1. The lowest BCUT2D eigenvalue weighted by atomic mass is 10.3. The molecule has 7 nitrogen and oxygen atoms in total. The van der Waals surface area contributed by atoms with E-state index in [0.29, 0.717) is 12.4 Å². The van der Waals surface area contributed by atoms with E-state index in [1.807, 2.05) is 6.92 Å². The molecule has 1 heterocycles. The lowest BCUT2D eigenvalue weighted by Crippen LogP contribution is -2.35. The second-order valence-electron chi connectivity index (χ2n) is 2.84. The molecular weight excluding hydrogens is 184 g/mol. The largest absolute Gasteiger partial charge is 0.345 e. The summed E-state index contributed by atoms with van der Waals surface area (Å²) in [5, 5.41) is 18.9. The maximum absolute atomic E-state index is 11.2. The van der Waals surface area contributed by atoms with E-state index in [-0.39, 0.29) is 11.9 Å². The molecule has 78 valence electrons. The lowest BCUT2D eigenvalue weighted by molar-refractivity contribution is -0.120. The van der Waals surface area contributed by atoms with Crippen LogP contribution in [-0.2, 0) is 4.79 Å². The topological polar surface area (TPSA) is 95.6 Å². The molecule has 0 bridgehead atoms. The van der Waals surface area contributed by atoms with Gasteiger partial charge in [0.05, 0.1) is 12.6 Å². The van der Waals surface area contributed by atoms with Gasteiger partial charge in [-0.25, -0.2) is 0 Å². The molecular formula is C7H14N6O. The molecule has 0 aliphatic rings. The van der Waals surface area contributed by atoms with Gasteiger partial charge in [0.15, 0.2) is 5.82 Å². The van der Waals surface area contributed by atoms with Crippen LogP contribution in [0.3, 0.4) is 0 Å². The number of nitrogens with one attached hydrogen (secondary N) is 3. The third kappa shape index (κ3) is 3.09. The van der Waals surface area contributed by atoms with Crippen molar-refractivity contribution < 1.29 is 4.79 Å². The van der Waals surface area contributed by atoms with Gasteiger partial charge in [0, 0.05) is 0 Å². The Kier molecular flexibility index (Phi) is 3.99. The van der Waals surface area contributed by atoms with E-state index in [9.17, 15) is 4.79 Å². The molecule has 14 heavy (non-hydrogen) atoms. The number of aromatic nitrogens is 4. The molecule has 1 aromatic rings. The Labute approximate surface area is 81.7 Å². The van der Waals surface area contributed by atoms with Crippen LogP contribution in [0.5, 0.6) is 0 Å². The van der Waals surface area contributed by atoms with E-state index < -0.39 is 0 Å². The second kappa shape index (κ2) is 5.28. The van der Waals surface area contributed by atoms with Gasteiger partial charge in [-0.3, -0.25) is 4.79 Å². The molecule has 1 rings (SSSR count). The number of hydrogen-bond donors (Lipinski definition) is 3. The van der Waals surface area contributed by atoms with Gasteiger partial charge in [-0.05, 0) is 13.5 Å². The third-order valence-corrected chi connectivity index (χ3v) is 1.66. The molecule has 0 aromatic carbocycles. The molecule has 0 saturated heterocycles. The van der Waals surface area contributed by atoms with E-state index in [1.165, 1.54) is 0 Å². The van der Waals surface area contributed by atoms with Crippen LogP contribution in [-0.4, -0.2) is 39.6 Å². The van der Waals surface area contributed by atoms with Crippen LogP contribution in [0.2, 0.25) is 0 Å². The summed E-state index contributed by atoms with van der Waals surface area (Å²) >= 11 is 0. The maximum atomic E-state index is 11.2. The lowest BCUT2D eigenvalue weighted by Gasteiger charge is -2.09. The van der Waals surface area contributed by atoms with E-state index in [1.54, 1.807) is 6.92 Å². The van der Waals surface area contributed by atoms with Gasteiger partial charge in [0.2, 0.25) is 5.91 Å². The molecule has 1 unspecified atom stereocenters. The van der Waals surface area contributed by atoms with Crippen molar-refractivity contribution in [3.05, 3.63) is 5.82 Å². The van der Waals surface area contributed by atoms with Crippen molar-refractivity contribution in [1.82, 2.24) is 31.3 Å². The van der Waals surface area contributed by atoms with Crippen LogP contribution in [0.25, 0.3) is 0 Å². The molecule has 1 amide bonds. The van der Waals surface area contributed by atoms with Gasteiger partial charge in [-0.2, -0.15) is 5.21 Å². The van der Waals surface area contributed by atoms with E-state index in [2.05, 4.69) is 31.3 Å². The van der Waals surface area contributed by atoms with Gasteiger partial charge in [0.25, 0.3) is 0 Å². The van der Waals surface area contributed by atoms with Gasteiger partial charge >= 0.3 is 0 Å². The Morgan fingerprint density at radius 1 is 1.64 bits per heavy atom. The number of nitrogens with zero attached hydrogens (tertiary/aromatic N) is 3. The summed E-state index contributed by atoms with van der Waals surface area (Å²) in [5.41, 5.74) is 0. The van der Waals surface area contributed by atoms with Gasteiger partial charge in [-0.1, -0.05) is 12.1 Å². The third-order valence-electron chi connectivity index (χ3n) is 1.66. The molecule has 1 atom stereocenters. The minimum atomic E-state index is -0.222. The molecule has 0 saturated carbocycles. The predicted molar refractivity (Wildman–Crippen MR) is 49.3 cm³/mol. The van der Waals surface area contributed by atoms with Crippen molar-refractivity contribution in [3.63, 3.8) is 0 Å². The first-order valence-corrected chi connectivity index (χ1v) is 4.47. The normalized spacial score (nSPS) is 12.4. The summed E-state index contributed by atoms with van der Waals surface area (Å²) in [6.45, 7) is 4.81. The SMILES string of the molecule is CCNCC(=O)NC(C)c1nn[nH]n1. The molecule has 3 N–H and O–H groups in total. The van der Waals surface area contributed by atoms with Crippen molar-refractivity contribution in [3.8, 4) is 0 Å². The molecule has 0 spiro atoms.